The fourth-order valence-electron chi connectivity index (χ4n) is 2.41. The zero-order chi connectivity index (χ0) is 14.3. The summed E-state index contributed by atoms with van der Waals surface area (Å²) in [5.41, 5.74) is 1.13. The van der Waals surface area contributed by atoms with Crippen molar-refractivity contribution in [2.45, 2.75) is 18.6 Å². The van der Waals surface area contributed by atoms with Gasteiger partial charge < -0.3 is 25.2 Å². The molecule has 1 aliphatic rings. The third-order valence-electron chi connectivity index (χ3n) is 3.45. The predicted octanol–water partition coefficient (Wildman–Crippen LogP) is 1.84. The number of hydrogen-bond donors (Lipinski definition) is 4. The summed E-state index contributed by atoms with van der Waals surface area (Å²) in [6, 6.07) is 9.21. The number of ether oxygens (including phenoxy) is 1. The van der Waals surface area contributed by atoms with Gasteiger partial charge in [0.1, 0.15) is 17.6 Å². The number of phenols is 3. The van der Waals surface area contributed by atoms with E-state index in [0.717, 1.165) is 0 Å². The monoisotopic (exact) mass is 274 g/mol. The van der Waals surface area contributed by atoms with Crippen LogP contribution in [0.2, 0.25) is 0 Å². The van der Waals surface area contributed by atoms with Crippen LogP contribution < -0.4 is 4.74 Å². The average Bonchev–Trinajstić information content (AvgIpc) is 2.42. The Morgan fingerprint density at radius 2 is 1.75 bits per heavy atom. The van der Waals surface area contributed by atoms with Gasteiger partial charge in [0.2, 0.25) is 0 Å². The van der Waals surface area contributed by atoms with Crippen molar-refractivity contribution in [3.05, 3.63) is 47.5 Å². The Balaban J connectivity index is 1.98. The molecular weight excluding hydrogens is 260 g/mol. The number of aliphatic hydroxyl groups is 1. The van der Waals surface area contributed by atoms with E-state index in [9.17, 15) is 20.4 Å². The molecule has 0 spiro atoms. The van der Waals surface area contributed by atoms with Gasteiger partial charge in [-0.15, -0.1) is 0 Å². The van der Waals surface area contributed by atoms with Gasteiger partial charge in [0, 0.05) is 12.0 Å². The molecular formula is C15H14O5. The van der Waals surface area contributed by atoms with Crippen LogP contribution in [-0.2, 0) is 6.42 Å². The molecule has 0 aromatic heterocycles. The number of hydrogen-bond acceptors (Lipinski definition) is 5. The molecule has 2 aromatic rings. The van der Waals surface area contributed by atoms with Crippen LogP contribution in [0.1, 0.15) is 17.2 Å². The average molecular weight is 274 g/mol. The lowest BCUT2D eigenvalue weighted by molar-refractivity contribution is 0.0199. The van der Waals surface area contributed by atoms with Crippen LogP contribution >= 0.6 is 0 Å². The molecule has 0 saturated heterocycles. The van der Waals surface area contributed by atoms with Crippen LogP contribution in [0.4, 0.5) is 0 Å². The molecule has 0 fully saturated rings. The molecule has 20 heavy (non-hydrogen) atoms. The van der Waals surface area contributed by atoms with Crippen molar-refractivity contribution in [2.24, 2.45) is 0 Å². The van der Waals surface area contributed by atoms with Crippen LogP contribution in [0, 0.1) is 0 Å². The summed E-state index contributed by atoms with van der Waals surface area (Å²) < 4.78 is 5.70. The summed E-state index contributed by atoms with van der Waals surface area (Å²) >= 11 is 0. The molecule has 2 atom stereocenters. The number of benzene rings is 2. The van der Waals surface area contributed by atoms with Crippen LogP contribution in [0.5, 0.6) is 23.0 Å². The van der Waals surface area contributed by atoms with E-state index in [1.807, 2.05) is 0 Å². The van der Waals surface area contributed by atoms with Crippen molar-refractivity contribution < 1.29 is 25.2 Å². The largest absolute Gasteiger partial charge is 0.508 e. The summed E-state index contributed by atoms with van der Waals surface area (Å²) in [4.78, 5) is 0. The van der Waals surface area contributed by atoms with Gasteiger partial charge in [-0.3, -0.25) is 0 Å². The molecule has 1 aliphatic heterocycles. The maximum Gasteiger partial charge on any atom is 0.157 e. The Labute approximate surface area is 115 Å². The molecule has 5 nitrogen and oxygen atoms in total. The van der Waals surface area contributed by atoms with Crippen molar-refractivity contribution in [3.8, 4) is 23.0 Å². The molecule has 0 radical (unpaired) electrons. The number of aliphatic hydroxyl groups excluding tert-OH is 1. The van der Waals surface area contributed by atoms with Gasteiger partial charge in [0.25, 0.3) is 0 Å². The molecule has 0 unspecified atom stereocenters. The van der Waals surface area contributed by atoms with E-state index in [2.05, 4.69) is 0 Å². The minimum absolute atomic E-state index is 0.0913. The minimum Gasteiger partial charge on any atom is -0.508 e. The highest BCUT2D eigenvalue weighted by atomic mass is 16.5. The fourth-order valence-corrected chi connectivity index (χ4v) is 2.41. The lowest BCUT2D eigenvalue weighted by Crippen LogP contribution is -2.30. The number of fused-ring (bicyclic) bond motifs is 1. The van der Waals surface area contributed by atoms with E-state index >= 15 is 0 Å². The van der Waals surface area contributed by atoms with Crippen LogP contribution in [-0.4, -0.2) is 26.5 Å². The smallest absolute Gasteiger partial charge is 0.157 e. The second-order valence-electron chi connectivity index (χ2n) is 4.81. The Bertz CT molecular complexity index is 653. The highest BCUT2D eigenvalue weighted by Crippen LogP contribution is 2.40. The van der Waals surface area contributed by atoms with E-state index in [1.54, 1.807) is 24.3 Å². The van der Waals surface area contributed by atoms with Gasteiger partial charge >= 0.3 is 0 Å². The maximum atomic E-state index is 10.2. The van der Waals surface area contributed by atoms with Crippen LogP contribution in [0.3, 0.4) is 0 Å². The molecule has 0 aliphatic carbocycles. The van der Waals surface area contributed by atoms with Gasteiger partial charge in [-0.25, -0.2) is 0 Å². The summed E-state index contributed by atoms with van der Waals surface area (Å²) in [5, 5.41) is 38.8. The summed E-state index contributed by atoms with van der Waals surface area (Å²) in [6.07, 6.45) is -1.25. The molecule has 0 saturated carbocycles. The van der Waals surface area contributed by atoms with Crippen molar-refractivity contribution in [1.29, 1.82) is 0 Å². The third kappa shape index (κ3) is 2.02. The van der Waals surface area contributed by atoms with Crippen molar-refractivity contribution in [3.63, 3.8) is 0 Å². The topological polar surface area (TPSA) is 90.2 Å². The molecule has 0 bridgehead atoms. The minimum atomic E-state index is -0.847. The predicted molar refractivity (Wildman–Crippen MR) is 71.0 cm³/mol. The molecule has 5 heteroatoms. The summed E-state index contributed by atoms with van der Waals surface area (Å²) in [5.74, 6) is 0.110. The van der Waals surface area contributed by atoms with E-state index < -0.39 is 12.2 Å². The Morgan fingerprint density at radius 3 is 2.50 bits per heavy atom. The normalized spacial score (nSPS) is 21.1. The van der Waals surface area contributed by atoms with Crippen molar-refractivity contribution >= 4 is 0 Å². The summed E-state index contributed by atoms with van der Waals surface area (Å²) in [6.45, 7) is 0. The SMILES string of the molecule is Oc1ccc([C@H]2Oc3cccc(O)c3C[C@H]2O)cc1O. The second-order valence-corrected chi connectivity index (χ2v) is 4.81. The van der Waals surface area contributed by atoms with Crippen LogP contribution in [0.25, 0.3) is 0 Å². The highest BCUT2D eigenvalue weighted by molar-refractivity contribution is 5.48. The first-order chi connectivity index (χ1) is 9.56. The first-order valence-electron chi connectivity index (χ1n) is 6.23. The van der Waals surface area contributed by atoms with E-state index in [4.69, 9.17) is 4.74 Å². The van der Waals surface area contributed by atoms with E-state index in [1.165, 1.54) is 12.1 Å². The fraction of sp³-hybridized carbons (Fsp3) is 0.200. The zero-order valence-electron chi connectivity index (χ0n) is 10.5. The van der Waals surface area contributed by atoms with Crippen molar-refractivity contribution in [1.82, 2.24) is 0 Å². The third-order valence-corrected chi connectivity index (χ3v) is 3.45. The van der Waals surface area contributed by atoms with Gasteiger partial charge in [-0.05, 0) is 29.8 Å². The van der Waals surface area contributed by atoms with Gasteiger partial charge in [-0.2, -0.15) is 0 Å². The second kappa shape index (κ2) is 4.61. The molecule has 3 rings (SSSR count). The molecule has 1 heterocycles. The maximum absolute atomic E-state index is 10.2. The van der Waals surface area contributed by atoms with E-state index in [0.29, 0.717) is 16.9 Å². The quantitative estimate of drug-likeness (QED) is 0.596. The Kier molecular flexibility index (Phi) is 2.91. The van der Waals surface area contributed by atoms with Crippen LogP contribution in [0.15, 0.2) is 36.4 Å². The Hall–Kier alpha value is -2.40. The Morgan fingerprint density at radius 1 is 0.950 bits per heavy atom. The number of phenolic OH excluding ortho intramolecular Hbond substituents is 3. The van der Waals surface area contributed by atoms with Gasteiger partial charge in [0.15, 0.2) is 11.5 Å². The molecule has 0 amide bonds. The first-order valence-corrected chi connectivity index (χ1v) is 6.23. The van der Waals surface area contributed by atoms with E-state index in [-0.39, 0.29) is 23.7 Å². The molecule has 4 N–H and O–H groups in total. The molecule has 104 valence electrons. The van der Waals surface area contributed by atoms with Crippen molar-refractivity contribution in [2.75, 3.05) is 0 Å². The first kappa shape index (κ1) is 12.6. The molecule has 2 aromatic carbocycles. The van der Waals surface area contributed by atoms with Gasteiger partial charge in [0.05, 0.1) is 6.10 Å². The number of rotatable bonds is 1. The lowest BCUT2D eigenvalue weighted by atomic mass is 9.94. The number of aromatic hydroxyl groups is 3. The highest BCUT2D eigenvalue weighted by Gasteiger charge is 2.31. The standard InChI is InChI=1S/C15H14O5/c16-10-2-1-3-14-9(10)7-13(19)15(20-14)8-4-5-11(17)12(18)6-8/h1-6,13,15-19H,7H2/t13-,15-/m1/s1. The zero-order valence-corrected chi connectivity index (χ0v) is 10.5. The lowest BCUT2D eigenvalue weighted by Gasteiger charge is -2.31. The summed E-state index contributed by atoms with van der Waals surface area (Å²) in [7, 11) is 0. The van der Waals surface area contributed by atoms with Gasteiger partial charge in [-0.1, -0.05) is 12.1 Å².